The molecule has 10 aromatic rings. The largest absolute Gasteiger partial charge is 0.456 e. The molecule has 4 heterocycles. The summed E-state index contributed by atoms with van der Waals surface area (Å²) in [5, 5.41) is 4.89. The molecule has 0 amide bonds. The van der Waals surface area contributed by atoms with Crippen molar-refractivity contribution in [3.8, 4) is 39.1 Å². The highest BCUT2D eigenvalue weighted by Gasteiger charge is 2.46. The van der Waals surface area contributed by atoms with Crippen molar-refractivity contribution >= 4 is 72.9 Å². The lowest BCUT2D eigenvalue weighted by molar-refractivity contribution is 0.660. The van der Waals surface area contributed by atoms with Crippen LogP contribution in [-0.4, -0.2) is 11.4 Å². The van der Waals surface area contributed by atoms with Crippen LogP contribution >= 0.6 is 0 Å². The van der Waals surface area contributed by atoms with E-state index in [1.54, 1.807) is 0 Å². The first-order valence-corrected chi connectivity index (χ1v) is 24.2. The van der Waals surface area contributed by atoms with E-state index in [9.17, 15) is 0 Å². The highest BCUT2D eigenvalue weighted by Crippen LogP contribution is 2.55. The summed E-state index contributed by atoms with van der Waals surface area (Å²) in [6.45, 7) is 9.40. The maximum atomic E-state index is 6.60. The topological polar surface area (TPSA) is 21.3 Å². The average molecular weight is 841 g/mol. The van der Waals surface area contributed by atoms with Gasteiger partial charge in [0.25, 0.3) is 0 Å². The summed E-state index contributed by atoms with van der Waals surface area (Å²) in [4.78, 5) is 2.74. The molecule has 0 unspecified atom stereocenters. The second-order valence-corrected chi connectivity index (χ2v) is 19.6. The van der Waals surface area contributed by atoms with Crippen LogP contribution in [0.5, 0.6) is 0 Å². The van der Waals surface area contributed by atoms with Gasteiger partial charge in [-0.2, -0.15) is 0 Å². The van der Waals surface area contributed by atoms with Crippen molar-refractivity contribution in [2.45, 2.75) is 84.5 Å². The number of unbranched alkanes of at least 4 members (excludes halogenated alkanes) is 4. The molecule has 1 aliphatic carbocycles. The summed E-state index contributed by atoms with van der Waals surface area (Å²) in [5.74, 6) is 0. The van der Waals surface area contributed by atoms with Gasteiger partial charge in [-0.25, -0.2) is 0 Å². The second kappa shape index (κ2) is 14.6. The molecule has 0 bridgehead atoms. The van der Waals surface area contributed by atoms with Crippen molar-refractivity contribution in [1.82, 2.24) is 4.57 Å². The minimum atomic E-state index is -0.142. The number of fused-ring (bicyclic) bond motifs is 14. The predicted octanol–water partition coefficient (Wildman–Crippen LogP) is 15.4. The Labute approximate surface area is 382 Å². The Morgan fingerprint density at radius 3 is 2.06 bits per heavy atom. The van der Waals surface area contributed by atoms with Gasteiger partial charge in [-0.15, -0.1) is 0 Å². The van der Waals surface area contributed by atoms with Gasteiger partial charge >= 0.3 is 6.85 Å². The van der Waals surface area contributed by atoms with Gasteiger partial charge in [0.1, 0.15) is 11.2 Å². The third-order valence-corrected chi connectivity index (χ3v) is 15.4. The molecule has 0 fully saturated rings. The third kappa shape index (κ3) is 5.62. The molecule has 0 radical (unpaired) electrons. The van der Waals surface area contributed by atoms with Crippen LogP contribution in [0.4, 0.5) is 11.4 Å². The molecule has 65 heavy (non-hydrogen) atoms. The summed E-state index contributed by atoms with van der Waals surface area (Å²) in [7, 11) is 0. The van der Waals surface area contributed by atoms with Crippen LogP contribution in [-0.2, 0) is 18.3 Å². The molecule has 2 aromatic heterocycles. The lowest BCUT2D eigenvalue weighted by Crippen LogP contribution is -2.60. The van der Waals surface area contributed by atoms with Crippen molar-refractivity contribution in [1.29, 1.82) is 0 Å². The average Bonchev–Trinajstić information content (AvgIpc) is 3.96. The third-order valence-electron chi connectivity index (χ3n) is 15.4. The molecule has 316 valence electrons. The van der Waals surface area contributed by atoms with E-state index in [0.717, 1.165) is 34.8 Å². The Morgan fingerprint density at radius 2 is 1.23 bits per heavy atom. The molecule has 0 atom stereocenters. The van der Waals surface area contributed by atoms with Gasteiger partial charge in [0, 0.05) is 49.6 Å². The van der Waals surface area contributed by atoms with Crippen LogP contribution in [0.1, 0.15) is 88.5 Å². The number of hydrogen-bond donors (Lipinski definition) is 0. The minimum Gasteiger partial charge on any atom is -0.456 e. The lowest BCUT2D eigenvalue weighted by Gasteiger charge is -2.43. The van der Waals surface area contributed by atoms with E-state index < -0.39 is 0 Å². The predicted molar refractivity (Wildman–Crippen MR) is 277 cm³/mol. The number of benzene rings is 8. The van der Waals surface area contributed by atoms with Gasteiger partial charge in [0.05, 0.1) is 11.0 Å². The molecule has 0 saturated carbocycles. The zero-order chi connectivity index (χ0) is 43.6. The minimum absolute atomic E-state index is 0.0410. The highest BCUT2D eigenvalue weighted by atomic mass is 16.3. The summed E-state index contributed by atoms with van der Waals surface area (Å²) in [5.41, 5.74) is 24.2. The Kier molecular flexibility index (Phi) is 8.70. The van der Waals surface area contributed by atoms with Crippen LogP contribution < -0.4 is 15.7 Å². The van der Waals surface area contributed by atoms with Gasteiger partial charge in [-0.1, -0.05) is 144 Å². The van der Waals surface area contributed by atoms with Crippen LogP contribution in [0.25, 0.3) is 82.8 Å². The van der Waals surface area contributed by atoms with E-state index in [-0.39, 0.29) is 12.3 Å². The fourth-order valence-electron chi connectivity index (χ4n) is 12.2. The van der Waals surface area contributed by atoms with Gasteiger partial charge < -0.3 is 13.8 Å². The first kappa shape index (κ1) is 38.7. The standard InChI is InChI=1S/C61H53BN2O/c1-5-7-9-17-38-25-29-41(30-26-38)64-55-37-51-47(42-19-11-14-22-50(42)61(51,3)4)36-48(55)49-35-46(40-28-31-44-43-20-13-16-24-56(43)65-57(44)34-40)58-45-21-12-15-23-53(45)63-54-32-27-39(18-10-8-6-2)33-52(54)62(64)59(49)60(58)63/h11-16,19-37H,5-10,17-18H2,1-4H3. The van der Waals surface area contributed by atoms with E-state index in [1.807, 2.05) is 0 Å². The van der Waals surface area contributed by atoms with Gasteiger partial charge in [-0.05, 0) is 147 Å². The number of aryl methyl sites for hydroxylation is 2. The summed E-state index contributed by atoms with van der Waals surface area (Å²) >= 11 is 0. The normalized spacial score (nSPS) is 14.1. The number of hydrogen-bond acceptors (Lipinski definition) is 2. The molecule has 3 nitrogen and oxygen atoms in total. The van der Waals surface area contributed by atoms with E-state index >= 15 is 0 Å². The number of nitrogens with zero attached hydrogens (tertiary/aromatic N) is 2. The molecule has 3 aliphatic rings. The Hall–Kier alpha value is -6.78. The lowest BCUT2D eigenvalue weighted by atomic mass is 9.43. The van der Waals surface area contributed by atoms with E-state index in [4.69, 9.17) is 4.42 Å². The molecule has 0 saturated heterocycles. The Bertz CT molecular complexity index is 3570. The zero-order valence-electron chi connectivity index (χ0n) is 38.0. The van der Waals surface area contributed by atoms with Crippen molar-refractivity contribution < 1.29 is 4.42 Å². The molecule has 8 aromatic carbocycles. The number of aromatic nitrogens is 1. The van der Waals surface area contributed by atoms with E-state index in [1.165, 1.54) is 144 Å². The van der Waals surface area contributed by atoms with Gasteiger partial charge in [0.2, 0.25) is 0 Å². The maximum Gasteiger partial charge on any atom is 0.333 e. The fourth-order valence-corrected chi connectivity index (χ4v) is 12.2. The van der Waals surface area contributed by atoms with E-state index in [2.05, 4.69) is 189 Å². The molecule has 0 spiro atoms. The number of furan rings is 1. The van der Waals surface area contributed by atoms with Gasteiger partial charge in [-0.3, -0.25) is 0 Å². The quantitative estimate of drug-likeness (QED) is 0.101. The van der Waals surface area contributed by atoms with Crippen LogP contribution in [0.3, 0.4) is 0 Å². The number of anilines is 2. The first-order valence-electron chi connectivity index (χ1n) is 24.2. The second-order valence-electron chi connectivity index (χ2n) is 19.6. The molecule has 2 aliphatic heterocycles. The highest BCUT2D eigenvalue weighted by molar-refractivity contribution is 6.93. The van der Waals surface area contributed by atoms with E-state index in [0.29, 0.717) is 0 Å². The maximum absolute atomic E-state index is 6.60. The monoisotopic (exact) mass is 840 g/mol. The van der Waals surface area contributed by atoms with Gasteiger partial charge in [0.15, 0.2) is 0 Å². The summed E-state index contributed by atoms with van der Waals surface area (Å²) < 4.78 is 9.22. The number of rotatable bonds is 10. The van der Waals surface area contributed by atoms with Crippen LogP contribution in [0, 0.1) is 0 Å². The van der Waals surface area contributed by atoms with Crippen molar-refractivity contribution in [2.75, 3.05) is 4.81 Å². The molecule has 0 N–H and O–H groups in total. The summed E-state index contributed by atoms with van der Waals surface area (Å²) in [6.07, 6.45) is 9.58. The molecule has 4 heteroatoms. The number of para-hydroxylation sites is 2. The Morgan fingerprint density at radius 1 is 0.523 bits per heavy atom. The Balaban J connectivity index is 1.15. The van der Waals surface area contributed by atoms with Crippen molar-refractivity contribution in [3.05, 3.63) is 174 Å². The summed E-state index contributed by atoms with van der Waals surface area (Å²) in [6, 6.07) is 58.4. The first-order chi connectivity index (χ1) is 31.9. The molecular weight excluding hydrogens is 787 g/mol. The molecule has 13 rings (SSSR count). The van der Waals surface area contributed by atoms with Crippen molar-refractivity contribution in [2.24, 2.45) is 0 Å². The van der Waals surface area contributed by atoms with Crippen LogP contribution in [0.2, 0.25) is 0 Å². The van der Waals surface area contributed by atoms with Crippen LogP contribution in [0.15, 0.2) is 156 Å². The zero-order valence-corrected chi connectivity index (χ0v) is 38.0. The SMILES string of the molecule is CCCCCc1ccc(N2B3c4cc(CCCCC)ccc4-n4c5ccccc5c5c(-c6ccc7c(c6)oc6ccccc67)cc(c3c54)-c3cc4c(cc32)C(C)(C)c2ccccc2-4)cc1. The smallest absolute Gasteiger partial charge is 0.333 e. The molecular formula is C61H53BN2O. The fraction of sp³-hybridized carbons (Fsp3) is 0.213. The van der Waals surface area contributed by atoms with Crippen molar-refractivity contribution in [3.63, 3.8) is 0 Å².